The standard InChI is InChI=1S/C34H37ClN4O4/c1-34(2)14-13-21(28(16-34)20-3-5-22(35)6-4-20)17-38-24-7-8-25(38)19-37(18-24)23-9-10-26-27(15-23)33(43)39(32(26)42)29-11-12-30(40)36-31(29)41/h3-6,9-10,15,24-25,29H,7-8,11-14,16-19H2,1-2H3,(H,36,40,41). The van der Waals surface area contributed by atoms with Gasteiger partial charge in [0, 0.05) is 48.8 Å². The zero-order chi connectivity index (χ0) is 30.0. The molecule has 0 radical (unpaired) electrons. The van der Waals surface area contributed by atoms with Gasteiger partial charge in [0.15, 0.2) is 0 Å². The maximum atomic E-state index is 13.4. The number of halogens is 1. The van der Waals surface area contributed by atoms with E-state index in [4.69, 9.17) is 11.6 Å². The first-order valence-electron chi connectivity index (χ1n) is 15.4. The molecule has 5 aliphatic rings. The normalized spacial score (nSPS) is 27.2. The van der Waals surface area contributed by atoms with Crippen LogP contribution in [0.4, 0.5) is 5.69 Å². The lowest BCUT2D eigenvalue weighted by Gasteiger charge is -2.44. The van der Waals surface area contributed by atoms with Crippen LogP contribution >= 0.6 is 11.6 Å². The fourth-order valence-electron chi connectivity index (χ4n) is 7.80. The number of allylic oxidation sites excluding steroid dienone is 1. The van der Waals surface area contributed by atoms with Crippen molar-refractivity contribution in [1.82, 2.24) is 15.1 Å². The van der Waals surface area contributed by atoms with E-state index in [2.05, 4.69) is 41.1 Å². The van der Waals surface area contributed by atoms with Crippen LogP contribution in [0.5, 0.6) is 0 Å². The topological polar surface area (TPSA) is 90.0 Å². The predicted molar refractivity (Wildman–Crippen MR) is 165 cm³/mol. The second-order valence-corrected chi connectivity index (χ2v) is 14.0. The van der Waals surface area contributed by atoms with Crippen molar-refractivity contribution in [2.75, 3.05) is 24.5 Å². The Morgan fingerprint density at radius 3 is 2.28 bits per heavy atom. The van der Waals surface area contributed by atoms with Gasteiger partial charge in [-0.15, -0.1) is 0 Å². The molecule has 3 atom stereocenters. The number of carbonyl (C=O) groups is 4. The molecule has 4 aliphatic heterocycles. The average molecular weight is 601 g/mol. The first kappa shape index (κ1) is 28.3. The molecule has 4 amide bonds. The second-order valence-electron chi connectivity index (χ2n) is 13.6. The molecule has 1 aliphatic carbocycles. The van der Waals surface area contributed by atoms with E-state index in [0.29, 0.717) is 23.2 Å². The molecule has 0 aromatic heterocycles. The number of hydrogen-bond donors (Lipinski definition) is 1. The highest BCUT2D eigenvalue weighted by Gasteiger charge is 2.46. The third kappa shape index (κ3) is 5.08. The Morgan fingerprint density at radius 2 is 1.58 bits per heavy atom. The molecule has 2 aromatic carbocycles. The molecule has 2 bridgehead atoms. The zero-order valence-corrected chi connectivity index (χ0v) is 25.5. The Kier molecular flexibility index (Phi) is 6.97. The number of nitrogens with one attached hydrogen (secondary N) is 1. The fraction of sp³-hybridized carbons (Fsp3) is 0.471. The van der Waals surface area contributed by atoms with Crippen molar-refractivity contribution in [2.45, 2.75) is 76.9 Å². The summed E-state index contributed by atoms with van der Waals surface area (Å²) in [6.45, 7) is 7.43. The zero-order valence-electron chi connectivity index (χ0n) is 24.7. The van der Waals surface area contributed by atoms with E-state index in [-0.39, 0.29) is 24.2 Å². The third-order valence-corrected chi connectivity index (χ3v) is 10.4. The summed E-state index contributed by atoms with van der Waals surface area (Å²) in [6, 6.07) is 13.6. The van der Waals surface area contributed by atoms with Crippen LogP contribution in [0.25, 0.3) is 5.57 Å². The van der Waals surface area contributed by atoms with E-state index in [1.54, 1.807) is 11.6 Å². The number of piperidine rings is 1. The molecule has 1 N–H and O–H groups in total. The molecule has 0 spiro atoms. The number of piperazine rings is 1. The van der Waals surface area contributed by atoms with Crippen molar-refractivity contribution in [3.8, 4) is 0 Å². The molecule has 3 saturated heterocycles. The van der Waals surface area contributed by atoms with Crippen LogP contribution in [0.1, 0.15) is 85.1 Å². The molecular formula is C34H37ClN4O4. The highest BCUT2D eigenvalue weighted by Crippen LogP contribution is 2.45. The molecule has 0 saturated carbocycles. The summed E-state index contributed by atoms with van der Waals surface area (Å²) in [6.07, 6.45) is 5.91. The number of nitrogens with zero attached hydrogens (tertiary/aromatic N) is 3. The SMILES string of the molecule is CC1(C)CCC(CN2C3CCC2CN(c2ccc4c(c2)C(=O)N(C2CCC(=O)NC2=O)C4=O)C3)=C(c2ccc(Cl)cc2)C1. The van der Waals surface area contributed by atoms with Crippen LogP contribution < -0.4 is 10.2 Å². The summed E-state index contributed by atoms with van der Waals surface area (Å²) in [5, 5.41) is 3.02. The van der Waals surface area contributed by atoms with E-state index in [9.17, 15) is 19.2 Å². The molecular weight excluding hydrogens is 564 g/mol. The van der Waals surface area contributed by atoms with Gasteiger partial charge in [-0.3, -0.25) is 34.3 Å². The van der Waals surface area contributed by atoms with E-state index >= 15 is 0 Å². The number of hydrogen-bond acceptors (Lipinski definition) is 6. The first-order chi connectivity index (χ1) is 20.6. The molecule has 7 rings (SSSR count). The number of fused-ring (bicyclic) bond motifs is 3. The van der Waals surface area contributed by atoms with Crippen molar-refractivity contribution in [1.29, 1.82) is 0 Å². The van der Waals surface area contributed by atoms with Crippen molar-refractivity contribution in [3.05, 3.63) is 69.8 Å². The maximum Gasteiger partial charge on any atom is 0.262 e. The Balaban J connectivity index is 1.09. The van der Waals surface area contributed by atoms with Gasteiger partial charge in [0.05, 0.1) is 11.1 Å². The largest absolute Gasteiger partial charge is 0.368 e. The summed E-state index contributed by atoms with van der Waals surface area (Å²) < 4.78 is 0. The predicted octanol–water partition coefficient (Wildman–Crippen LogP) is 5.06. The van der Waals surface area contributed by atoms with Gasteiger partial charge < -0.3 is 4.90 Å². The van der Waals surface area contributed by atoms with Crippen LogP contribution in [-0.4, -0.2) is 71.2 Å². The lowest BCUT2D eigenvalue weighted by atomic mass is 9.72. The van der Waals surface area contributed by atoms with Crippen molar-refractivity contribution in [3.63, 3.8) is 0 Å². The van der Waals surface area contributed by atoms with E-state index in [1.165, 1.54) is 17.6 Å². The number of imide groups is 2. The van der Waals surface area contributed by atoms with E-state index in [0.717, 1.165) is 60.9 Å². The van der Waals surface area contributed by atoms with Crippen LogP contribution in [0, 0.1) is 5.41 Å². The van der Waals surface area contributed by atoms with Gasteiger partial charge in [0.2, 0.25) is 11.8 Å². The first-order valence-corrected chi connectivity index (χ1v) is 15.8. The average Bonchev–Trinajstić information content (AvgIpc) is 3.35. The summed E-state index contributed by atoms with van der Waals surface area (Å²) in [4.78, 5) is 56.7. The summed E-state index contributed by atoms with van der Waals surface area (Å²) in [5.41, 5.74) is 6.16. The fourth-order valence-corrected chi connectivity index (χ4v) is 7.93. The quantitative estimate of drug-likeness (QED) is 0.483. The summed E-state index contributed by atoms with van der Waals surface area (Å²) in [7, 11) is 0. The van der Waals surface area contributed by atoms with Crippen molar-refractivity contribution < 1.29 is 19.2 Å². The lowest BCUT2D eigenvalue weighted by Crippen LogP contribution is -2.54. The minimum atomic E-state index is -0.953. The number of benzene rings is 2. The Labute approximate surface area is 257 Å². The second kappa shape index (κ2) is 10.6. The molecule has 8 nitrogen and oxygen atoms in total. The van der Waals surface area contributed by atoms with Crippen molar-refractivity contribution in [2.24, 2.45) is 5.41 Å². The molecule has 224 valence electrons. The van der Waals surface area contributed by atoms with Crippen LogP contribution in [0.2, 0.25) is 5.02 Å². The van der Waals surface area contributed by atoms with Gasteiger partial charge in [-0.05, 0) is 85.4 Å². The Hall–Kier alpha value is -3.49. The third-order valence-electron chi connectivity index (χ3n) is 10.2. The minimum absolute atomic E-state index is 0.109. The lowest BCUT2D eigenvalue weighted by molar-refractivity contribution is -0.136. The van der Waals surface area contributed by atoms with E-state index < -0.39 is 23.8 Å². The number of anilines is 1. The van der Waals surface area contributed by atoms with Gasteiger partial charge in [-0.1, -0.05) is 43.2 Å². The van der Waals surface area contributed by atoms with Gasteiger partial charge >= 0.3 is 0 Å². The Bertz CT molecular complexity index is 1550. The van der Waals surface area contributed by atoms with Gasteiger partial charge in [0.1, 0.15) is 6.04 Å². The molecule has 9 heteroatoms. The highest BCUT2D eigenvalue weighted by molar-refractivity contribution is 6.30. The molecule has 43 heavy (non-hydrogen) atoms. The maximum absolute atomic E-state index is 13.4. The van der Waals surface area contributed by atoms with Crippen molar-refractivity contribution >= 4 is 46.5 Å². The van der Waals surface area contributed by atoms with Crippen LogP contribution in [-0.2, 0) is 9.59 Å². The smallest absolute Gasteiger partial charge is 0.262 e. The number of amides is 4. The Morgan fingerprint density at radius 1 is 0.884 bits per heavy atom. The summed E-state index contributed by atoms with van der Waals surface area (Å²) in [5.74, 6) is -1.89. The molecule has 4 heterocycles. The monoisotopic (exact) mass is 600 g/mol. The van der Waals surface area contributed by atoms with Gasteiger partial charge in [-0.25, -0.2) is 0 Å². The van der Waals surface area contributed by atoms with Gasteiger partial charge in [0.25, 0.3) is 11.8 Å². The molecule has 3 unspecified atom stereocenters. The molecule has 3 fully saturated rings. The van der Waals surface area contributed by atoms with Crippen LogP contribution in [0.15, 0.2) is 48.0 Å². The van der Waals surface area contributed by atoms with Gasteiger partial charge in [-0.2, -0.15) is 0 Å². The van der Waals surface area contributed by atoms with E-state index in [1.807, 2.05) is 24.3 Å². The molecule has 2 aromatic rings. The van der Waals surface area contributed by atoms with Crippen LogP contribution in [0.3, 0.4) is 0 Å². The highest BCUT2D eigenvalue weighted by atomic mass is 35.5. The number of rotatable bonds is 5. The summed E-state index contributed by atoms with van der Waals surface area (Å²) >= 11 is 6.22. The minimum Gasteiger partial charge on any atom is -0.368 e. The number of carbonyl (C=O) groups excluding carboxylic acids is 4.